The first-order chi connectivity index (χ1) is 13.6. The molecule has 6 nitrogen and oxygen atoms in total. The van der Waals surface area contributed by atoms with Gasteiger partial charge < -0.3 is 15.1 Å². The van der Waals surface area contributed by atoms with E-state index in [0.717, 1.165) is 12.2 Å². The number of amides is 3. The van der Waals surface area contributed by atoms with Gasteiger partial charge in [0.25, 0.3) is 5.91 Å². The van der Waals surface area contributed by atoms with Crippen molar-refractivity contribution in [2.75, 3.05) is 29.9 Å². The maximum Gasteiger partial charge on any atom is 0.253 e. The van der Waals surface area contributed by atoms with Crippen LogP contribution in [0.1, 0.15) is 29.6 Å². The summed E-state index contributed by atoms with van der Waals surface area (Å²) in [6.07, 6.45) is 1.88. The number of nitrogens with one attached hydrogen (secondary N) is 1. The number of rotatable bonds is 4. The maximum absolute atomic E-state index is 12.6. The lowest BCUT2D eigenvalue weighted by Crippen LogP contribution is -2.43. The number of β-lactam (4-membered cyclic amide) rings is 1. The summed E-state index contributed by atoms with van der Waals surface area (Å²) in [5, 5.41) is 2.97. The maximum atomic E-state index is 12.6. The van der Waals surface area contributed by atoms with E-state index in [1.54, 1.807) is 4.90 Å². The van der Waals surface area contributed by atoms with Crippen molar-refractivity contribution in [3.63, 3.8) is 0 Å². The van der Waals surface area contributed by atoms with Gasteiger partial charge in [0.05, 0.1) is 0 Å². The van der Waals surface area contributed by atoms with Crippen LogP contribution in [0, 0.1) is 5.92 Å². The van der Waals surface area contributed by atoms with E-state index < -0.39 is 0 Å². The summed E-state index contributed by atoms with van der Waals surface area (Å²) in [5.74, 6) is -0.0154. The molecule has 0 bridgehead atoms. The number of benzene rings is 2. The molecule has 2 fully saturated rings. The van der Waals surface area contributed by atoms with Crippen LogP contribution in [0.15, 0.2) is 54.6 Å². The largest absolute Gasteiger partial charge is 0.339 e. The standard InChI is InChI=1S/C22H23N3O3/c26-20-11-14-25(20)19-8-4-7-18(15-19)23-21(27)16-9-12-24(13-10-16)22(28)17-5-2-1-3-6-17/h1-8,15-16H,9-14H2,(H,23,27). The van der Waals surface area contributed by atoms with Crippen LogP contribution >= 0.6 is 0 Å². The zero-order chi connectivity index (χ0) is 19.5. The number of likely N-dealkylation sites (tertiary alicyclic amines) is 1. The minimum Gasteiger partial charge on any atom is -0.339 e. The van der Waals surface area contributed by atoms with Crippen LogP contribution in [0.2, 0.25) is 0 Å². The Labute approximate surface area is 164 Å². The Morgan fingerprint density at radius 2 is 1.68 bits per heavy atom. The molecule has 28 heavy (non-hydrogen) atoms. The molecule has 144 valence electrons. The summed E-state index contributed by atoms with van der Waals surface area (Å²) < 4.78 is 0. The molecule has 0 spiro atoms. The quantitative estimate of drug-likeness (QED) is 0.833. The number of hydrogen-bond acceptors (Lipinski definition) is 3. The number of nitrogens with zero attached hydrogens (tertiary/aromatic N) is 2. The monoisotopic (exact) mass is 377 g/mol. The summed E-state index contributed by atoms with van der Waals surface area (Å²) in [6, 6.07) is 16.6. The molecular formula is C22H23N3O3. The molecule has 3 amide bonds. The number of carbonyl (C=O) groups is 3. The molecule has 0 radical (unpaired) electrons. The van der Waals surface area contributed by atoms with Gasteiger partial charge in [0, 0.05) is 48.9 Å². The lowest BCUT2D eigenvalue weighted by atomic mass is 9.95. The second-order valence-corrected chi connectivity index (χ2v) is 7.27. The van der Waals surface area contributed by atoms with Crippen LogP contribution in [-0.2, 0) is 9.59 Å². The van der Waals surface area contributed by atoms with Gasteiger partial charge in [-0.1, -0.05) is 24.3 Å². The van der Waals surface area contributed by atoms with Crippen LogP contribution in [0.25, 0.3) is 0 Å². The van der Waals surface area contributed by atoms with Crippen LogP contribution in [-0.4, -0.2) is 42.3 Å². The van der Waals surface area contributed by atoms with E-state index >= 15 is 0 Å². The fourth-order valence-electron chi connectivity index (χ4n) is 3.69. The van der Waals surface area contributed by atoms with Crippen molar-refractivity contribution in [3.05, 3.63) is 60.2 Å². The second kappa shape index (κ2) is 7.84. The van der Waals surface area contributed by atoms with Gasteiger partial charge in [-0.3, -0.25) is 14.4 Å². The molecule has 2 aromatic rings. The van der Waals surface area contributed by atoms with E-state index in [1.165, 1.54) is 0 Å². The summed E-state index contributed by atoms with van der Waals surface area (Å²) >= 11 is 0. The molecule has 0 saturated carbocycles. The molecule has 0 unspecified atom stereocenters. The molecule has 2 aromatic carbocycles. The van der Waals surface area contributed by atoms with Crippen molar-refractivity contribution in [2.24, 2.45) is 5.92 Å². The highest BCUT2D eigenvalue weighted by Gasteiger charge is 2.28. The van der Waals surface area contributed by atoms with Crippen molar-refractivity contribution < 1.29 is 14.4 Å². The minimum atomic E-state index is -0.117. The lowest BCUT2D eigenvalue weighted by molar-refractivity contribution is -0.122. The van der Waals surface area contributed by atoms with E-state index in [1.807, 2.05) is 59.5 Å². The third-order valence-electron chi connectivity index (χ3n) is 5.45. The van der Waals surface area contributed by atoms with Crippen LogP contribution in [0.3, 0.4) is 0 Å². The zero-order valence-electron chi connectivity index (χ0n) is 15.6. The number of hydrogen-bond donors (Lipinski definition) is 1. The Balaban J connectivity index is 1.33. The van der Waals surface area contributed by atoms with Crippen molar-refractivity contribution >= 4 is 29.1 Å². The molecule has 2 aliphatic rings. The van der Waals surface area contributed by atoms with E-state index in [4.69, 9.17) is 0 Å². The Bertz CT molecular complexity index is 889. The Morgan fingerprint density at radius 3 is 2.32 bits per heavy atom. The minimum absolute atomic E-state index is 0.0198. The molecule has 2 aliphatic heterocycles. The smallest absolute Gasteiger partial charge is 0.253 e. The fourth-order valence-corrected chi connectivity index (χ4v) is 3.69. The molecule has 2 heterocycles. The summed E-state index contributed by atoms with van der Waals surface area (Å²) in [7, 11) is 0. The molecule has 0 atom stereocenters. The first-order valence-corrected chi connectivity index (χ1v) is 9.67. The van der Waals surface area contributed by atoms with Gasteiger partial charge in [-0.15, -0.1) is 0 Å². The van der Waals surface area contributed by atoms with Gasteiger partial charge in [0.1, 0.15) is 0 Å². The van der Waals surface area contributed by atoms with Crippen LogP contribution < -0.4 is 10.2 Å². The average Bonchev–Trinajstić information content (AvgIpc) is 2.73. The third-order valence-corrected chi connectivity index (χ3v) is 5.45. The first kappa shape index (κ1) is 18.2. The molecule has 0 aliphatic carbocycles. The van der Waals surface area contributed by atoms with Crippen molar-refractivity contribution in [1.82, 2.24) is 4.90 Å². The van der Waals surface area contributed by atoms with E-state index in [9.17, 15) is 14.4 Å². The molecular weight excluding hydrogens is 354 g/mol. The Morgan fingerprint density at radius 1 is 0.929 bits per heavy atom. The predicted molar refractivity (Wildman–Crippen MR) is 107 cm³/mol. The van der Waals surface area contributed by atoms with Crippen molar-refractivity contribution in [3.8, 4) is 0 Å². The first-order valence-electron chi connectivity index (χ1n) is 9.67. The SMILES string of the molecule is O=C(Nc1cccc(N2CCC2=O)c1)C1CCN(C(=O)c2ccccc2)CC1. The topological polar surface area (TPSA) is 69.7 Å². The normalized spacial score (nSPS) is 17.2. The van der Waals surface area contributed by atoms with Gasteiger partial charge in [0.15, 0.2) is 0 Å². The fraction of sp³-hybridized carbons (Fsp3) is 0.318. The highest BCUT2D eigenvalue weighted by Crippen LogP contribution is 2.26. The number of anilines is 2. The highest BCUT2D eigenvalue weighted by molar-refractivity contribution is 6.00. The molecule has 2 saturated heterocycles. The summed E-state index contributed by atoms with van der Waals surface area (Å²) in [5.41, 5.74) is 2.20. The van der Waals surface area contributed by atoms with Crippen molar-refractivity contribution in [1.29, 1.82) is 0 Å². The Kier molecular flexibility index (Phi) is 5.10. The highest BCUT2D eigenvalue weighted by atomic mass is 16.2. The van der Waals surface area contributed by atoms with E-state index in [2.05, 4.69) is 5.32 Å². The van der Waals surface area contributed by atoms with Crippen LogP contribution in [0.4, 0.5) is 11.4 Å². The summed E-state index contributed by atoms with van der Waals surface area (Å²) in [6.45, 7) is 1.88. The zero-order valence-corrected chi connectivity index (χ0v) is 15.6. The number of piperidine rings is 1. The second-order valence-electron chi connectivity index (χ2n) is 7.27. The van der Waals surface area contributed by atoms with Gasteiger partial charge in [-0.2, -0.15) is 0 Å². The van der Waals surface area contributed by atoms with E-state index in [-0.39, 0.29) is 23.6 Å². The van der Waals surface area contributed by atoms with Crippen molar-refractivity contribution in [2.45, 2.75) is 19.3 Å². The average molecular weight is 377 g/mol. The lowest BCUT2D eigenvalue weighted by Gasteiger charge is -2.32. The number of carbonyl (C=O) groups excluding carboxylic acids is 3. The van der Waals surface area contributed by atoms with Gasteiger partial charge >= 0.3 is 0 Å². The predicted octanol–water partition coefficient (Wildman–Crippen LogP) is 2.91. The molecule has 4 rings (SSSR count). The molecule has 0 aromatic heterocycles. The van der Waals surface area contributed by atoms with Gasteiger partial charge in [-0.25, -0.2) is 0 Å². The van der Waals surface area contributed by atoms with Crippen LogP contribution in [0.5, 0.6) is 0 Å². The molecule has 6 heteroatoms. The summed E-state index contributed by atoms with van der Waals surface area (Å²) in [4.78, 5) is 40.3. The third kappa shape index (κ3) is 3.76. The van der Waals surface area contributed by atoms with E-state index in [0.29, 0.717) is 43.6 Å². The van der Waals surface area contributed by atoms with Gasteiger partial charge in [0.2, 0.25) is 11.8 Å². The Hall–Kier alpha value is -3.15. The van der Waals surface area contributed by atoms with Gasteiger partial charge in [-0.05, 0) is 43.2 Å². The molecule has 1 N–H and O–H groups in total.